The molecule has 33 heavy (non-hydrogen) atoms. The molecule has 1 N–H and O–H groups in total. The minimum atomic E-state index is -3.61. The Kier molecular flexibility index (Phi) is 7.75. The number of carbonyl (C=O) groups excluding carboxylic acids is 1. The number of rotatable bonds is 8. The van der Waals surface area contributed by atoms with Crippen LogP contribution in [-0.2, 0) is 21.2 Å². The first kappa shape index (κ1) is 24.3. The number of nitrogens with zero attached hydrogens (tertiary/aromatic N) is 3. The predicted octanol–water partition coefficient (Wildman–Crippen LogP) is 4.25. The Morgan fingerprint density at radius 2 is 2.03 bits per heavy atom. The van der Waals surface area contributed by atoms with Crippen molar-refractivity contribution in [3.8, 4) is 11.8 Å². The molecule has 0 aliphatic carbocycles. The van der Waals surface area contributed by atoms with Crippen LogP contribution in [0.5, 0.6) is 5.75 Å². The number of ether oxygens (including phenoxy) is 1. The van der Waals surface area contributed by atoms with Gasteiger partial charge in [0.15, 0.2) is 0 Å². The maximum Gasteiger partial charge on any atom is 0.268 e. The van der Waals surface area contributed by atoms with Crippen molar-refractivity contribution < 1.29 is 22.3 Å². The van der Waals surface area contributed by atoms with Gasteiger partial charge < -0.3 is 4.74 Å². The Balaban J connectivity index is 1.70. The topological polar surface area (TPSA) is 122 Å². The number of carbonyl (C=O) groups is 1. The van der Waals surface area contributed by atoms with Crippen molar-refractivity contribution in [2.24, 2.45) is 0 Å². The minimum absolute atomic E-state index is 0.0456. The summed E-state index contributed by atoms with van der Waals surface area (Å²) >= 11 is 6.94. The number of benzene rings is 2. The molecule has 0 saturated carbocycles. The van der Waals surface area contributed by atoms with Gasteiger partial charge in [-0.3, -0.25) is 10.1 Å². The molecule has 3 aromatic rings. The van der Waals surface area contributed by atoms with Gasteiger partial charge in [-0.1, -0.05) is 36.7 Å². The molecule has 0 bridgehead atoms. The molecule has 0 aliphatic rings. The van der Waals surface area contributed by atoms with Gasteiger partial charge in [-0.05, 0) is 41.5 Å². The normalized spacial score (nSPS) is 11.6. The highest BCUT2D eigenvalue weighted by Crippen LogP contribution is 2.27. The average molecular weight is 507 g/mol. The zero-order valence-corrected chi connectivity index (χ0v) is 19.5. The van der Waals surface area contributed by atoms with Crippen LogP contribution in [0.25, 0.3) is 6.08 Å². The van der Waals surface area contributed by atoms with Crippen molar-refractivity contribution in [3.05, 3.63) is 70.0 Å². The lowest BCUT2D eigenvalue weighted by Gasteiger charge is -2.09. The number of nitriles is 1. The van der Waals surface area contributed by atoms with E-state index < -0.39 is 15.7 Å². The van der Waals surface area contributed by atoms with Gasteiger partial charge >= 0.3 is 0 Å². The smallest absolute Gasteiger partial charge is 0.268 e. The highest BCUT2D eigenvalue weighted by Gasteiger charge is 2.20. The Bertz CT molecular complexity index is 1350. The van der Waals surface area contributed by atoms with Gasteiger partial charge in [0.05, 0.1) is 10.8 Å². The predicted molar refractivity (Wildman–Crippen MR) is 122 cm³/mol. The van der Waals surface area contributed by atoms with E-state index >= 15 is 0 Å². The maximum absolute atomic E-state index is 13.0. The summed E-state index contributed by atoms with van der Waals surface area (Å²) in [5, 5.41) is 11.6. The van der Waals surface area contributed by atoms with Gasteiger partial charge in [0.25, 0.3) is 11.1 Å². The van der Waals surface area contributed by atoms with Crippen LogP contribution in [0, 0.1) is 17.1 Å². The van der Waals surface area contributed by atoms with Crippen LogP contribution >= 0.6 is 23.1 Å². The van der Waals surface area contributed by atoms with E-state index in [1.807, 2.05) is 0 Å². The van der Waals surface area contributed by atoms with Crippen LogP contribution in [0.4, 0.5) is 9.52 Å². The minimum Gasteiger partial charge on any atom is -0.487 e. The first-order chi connectivity index (χ1) is 15.7. The lowest BCUT2D eigenvalue weighted by atomic mass is 10.1. The summed E-state index contributed by atoms with van der Waals surface area (Å²) in [6.45, 7) is 1.63. The van der Waals surface area contributed by atoms with Gasteiger partial charge in [0, 0.05) is 11.5 Å². The molecule has 1 heterocycles. The Labute approximate surface area is 198 Å². The van der Waals surface area contributed by atoms with Gasteiger partial charge in [-0.25, -0.2) is 12.8 Å². The highest BCUT2D eigenvalue weighted by atomic mass is 35.5. The summed E-state index contributed by atoms with van der Waals surface area (Å²) in [6.07, 6.45) is 1.32. The molecule has 0 saturated heterocycles. The number of sulfone groups is 1. The second-order valence-corrected chi connectivity index (χ2v) is 9.85. The second kappa shape index (κ2) is 10.5. The fraction of sp³-hybridized carbons (Fsp3) is 0.143. The second-order valence-electron chi connectivity index (χ2n) is 6.51. The first-order valence-electron chi connectivity index (χ1n) is 9.38. The Morgan fingerprint density at radius 1 is 1.30 bits per heavy atom. The van der Waals surface area contributed by atoms with E-state index in [1.165, 1.54) is 31.2 Å². The third-order valence-corrected chi connectivity index (χ3v) is 6.77. The molecule has 1 amide bonds. The van der Waals surface area contributed by atoms with Crippen LogP contribution in [0.3, 0.4) is 0 Å². The molecule has 1 aromatic heterocycles. The first-order valence-corrected chi connectivity index (χ1v) is 12.2. The summed E-state index contributed by atoms with van der Waals surface area (Å²) in [7, 11) is -3.61. The number of amides is 1. The number of nitrogens with one attached hydrogen (secondary N) is 1. The monoisotopic (exact) mass is 506 g/mol. The van der Waals surface area contributed by atoms with Crippen LogP contribution in [0.2, 0.25) is 5.02 Å². The van der Waals surface area contributed by atoms with Crippen LogP contribution in [0.1, 0.15) is 18.1 Å². The number of hydrogen-bond donors (Lipinski definition) is 1. The van der Waals surface area contributed by atoms with Gasteiger partial charge in [0.1, 0.15) is 29.8 Å². The SMILES string of the molecule is CCS(=O)(=O)c1nsc(NC(=O)/C(C#N)=C\c2ccc(OCc3ccc(F)cc3)c(Cl)c2)n1. The number of anilines is 1. The van der Waals surface area contributed by atoms with Crippen molar-refractivity contribution in [2.75, 3.05) is 11.1 Å². The number of hydrogen-bond acceptors (Lipinski definition) is 8. The molecular formula is C21H16ClFN4O4S2. The largest absolute Gasteiger partial charge is 0.487 e. The highest BCUT2D eigenvalue weighted by molar-refractivity contribution is 7.91. The molecule has 0 unspecified atom stereocenters. The molecule has 0 aliphatic heterocycles. The summed E-state index contributed by atoms with van der Waals surface area (Å²) in [5.74, 6) is -0.922. The fourth-order valence-electron chi connectivity index (χ4n) is 2.46. The maximum atomic E-state index is 13.0. The Hall–Kier alpha value is -3.33. The molecular weight excluding hydrogens is 491 g/mol. The van der Waals surface area contributed by atoms with Gasteiger partial charge in [-0.2, -0.15) is 14.6 Å². The van der Waals surface area contributed by atoms with E-state index in [4.69, 9.17) is 16.3 Å². The van der Waals surface area contributed by atoms with E-state index in [2.05, 4.69) is 14.7 Å². The van der Waals surface area contributed by atoms with Crippen LogP contribution < -0.4 is 10.1 Å². The van der Waals surface area contributed by atoms with Crippen molar-refractivity contribution in [1.29, 1.82) is 5.26 Å². The zero-order valence-electron chi connectivity index (χ0n) is 17.1. The van der Waals surface area contributed by atoms with Crippen molar-refractivity contribution in [1.82, 2.24) is 9.36 Å². The molecule has 2 aromatic carbocycles. The van der Waals surface area contributed by atoms with Crippen molar-refractivity contribution in [3.63, 3.8) is 0 Å². The molecule has 0 atom stereocenters. The zero-order chi connectivity index (χ0) is 24.0. The van der Waals surface area contributed by atoms with E-state index in [0.29, 0.717) is 22.8 Å². The lowest BCUT2D eigenvalue weighted by Crippen LogP contribution is -2.13. The standard InChI is InChI=1S/C21H16ClFN4O4S2/c1-2-33(29,30)21-26-20(32-27-21)25-19(28)15(11-24)9-14-5-8-18(17(22)10-14)31-12-13-3-6-16(23)7-4-13/h3-10H,2,12H2,1H3,(H,25,26,27,28)/b15-9-. The molecule has 170 valence electrons. The Morgan fingerprint density at radius 3 is 2.67 bits per heavy atom. The summed E-state index contributed by atoms with van der Waals surface area (Å²) < 4.78 is 45.9. The molecule has 0 fully saturated rings. The quantitative estimate of drug-likeness (QED) is 0.358. The molecule has 3 rings (SSSR count). The number of halogens is 2. The number of aromatic nitrogens is 2. The molecule has 0 spiro atoms. The fourth-order valence-corrected chi connectivity index (χ4v) is 4.29. The van der Waals surface area contributed by atoms with Crippen molar-refractivity contribution >= 4 is 50.1 Å². The van der Waals surface area contributed by atoms with Crippen LogP contribution in [0.15, 0.2) is 53.2 Å². The van der Waals surface area contributed by atoms with E-state index in [0.717, 1.165) is 5.56 Å². The van der Waals surface area contributed by atoms with E-state index in [1.54, 1.807) is 30.3 Å². The summed E-state index contributed by atoms with van der Waals surface area (Å²) in [4.78, 5) is 16.2. The van der Waals surface area contributed by atoms with Gasteiger partial charge in [-0.15, -0.1) is 0 Å². The summed E-state index contributed by atoms with van der Waals surface area (Å²) in [6, 6.07) is 12.3. The molecule has 8 nitrogen and oxygen atoms in total. The third kappa shape index (κ3) is 6.35. The lowest BCUT2D eigenvalue weighted by molar-refractivity contribution is -0.112. The van der Waals surface area contributed by atoms with Crippen LogP contribution in [-0.4, -0.2) is 29.4 Å². The van der Waals surface area contributed by atoms with E-state index in [9.17, 15) is 22.9 Å². The average Bonchev–Trinajstić information content (AvgIpc) is 3.27. The molecule has 12 heteroatoms. The third-order valence-electron chi connectivity index (χ3n) is 4.23. The van der Waals surface area contributed by atoms with E-state index in [-0.39, 0.29) is 39.1 Å². The molecule has 0 radical (unpaired) electrons. The van der Waals surface area contributed by atoms with Gasteiger partial charge in [0.2, 0.25) is 15.0 Å². The summed E-state index contributed by atoms with van der Waals surface area (Å²) in [5.41, 5.74) is 0.972. The van der Waals surface area contributed by atoms with Crippen molar-refractivity contribution in [2.45, 2.75) is 18.7 Å².